The van der Waals surface area contributed by atoms with Crippen molar-refractivity contribution >= 4 is 5.91 Å². The van der Waals surface area contributed by atoms with E-state index < -0.39 is 0 Å². The molecule has 2 aromatic heterocycles. The minimum Gasteiger partial charge on any atom is -0.459 e. The molecule has 0 unspecified atom stereocenters. The summed E-state index contributed by atoms with van der Waals surface area (Å²) in [6.07, 6.45) is 6.41. The standard InChI is InChI=1S/C19H28N6O2/c1-14(2)17(18-20-21-22-25(18)15-6-3-4-7-15)23-9-11-24(12-10-23)19(26)16-8-5-13-27-16/h5,8,13-15,17H,3-4,6-7,9-12H2,1-2H3/p+1/t17-/m1/s1. The van der Waals surface area contributed by atoms with E-state index in [0.29, 0.717) is 17.7 Å². The van der Waals surface area contributed by atoms with Crippen LogP contribution in [0.1, 0.15) is 68.0 Å². The van der Waals surface area contributed by atoms with Gasteiger partial charge in [-0.15, -0.1) is 5.10 Å². The number of tetrazole rings is 1. The Balaban J connectivity index is 1.47. The Morgan fingerprint density at radius 1 is 1.26 bits per heavy atom. The molecular formula is C19H29N6O2+. The number of hydrogen-bond donors (Lipinski definition) is 1. The zero-order valence-electron chi connectivity index (χ0n) is 16.2. The minimum absolute atomic E-state index is 0.0177. The summed E-state index contributed by atoms with van der Waals surface area (Å²) in [5, 5.41) is 12.8. The molecule has 0 bridgehead atoms. The Morgan fingerprint density at radius 3 is 2.63 bits per heavy atom. The molecule has 8 nitrogen and oxygen atoms in total. The molecule has 0 aromatic carbocycles. The molecule has 1 aliphatic carbocycles. The Labute approximate surface area is 159 Å². The van der Waals surface area contributed by atoms with Crippen LogP contribution in [0, 0.1) is 5.92 Å². The van der Waals surface area contributed by atoms with E-state index in [1.165, 1.54) is 30.6 Å². The first-order valence-corrected chi connectivity index (χ1v) is 10.1. The summed E-state index contributed by atoms with van der Waals surface area (Å²) >= 11 is 0. The lowest BCUT2D eigenvalue weighted by Crippen LogP contribution is -3.15. The van der Waals surface area contributed by atoms with Gasteiger partial charge >= 0.3 is 0 Å². The van der Waals surface area contributed by atoms with Gasteiger partial charge in [-0.1, -0.05) is 26.7 Å². The van der Waals surface area contributed by atoms with Gasteiger partial charge in [0.25, 0.3) is 5.91 Å². The van der Waals surface area contributed by atoms with E-state index in [-0.39, 0.29) is 11.9 Å². The predicted molar refractivity (Wildman–Crippen MR) is 98.2 cm³/mol. The van der Waals surface area contributed by atoms with Crippen LogP contribution in [0.25, 0.3) is 0 Å². The first-order valence-electron chi connectivity index (χ1n) is 10.1. The van der Waals surface area contributed by atoms with E-state index in [0.717, 1.165) is 32.0 Å². The van der Waals surface area contributed by atoms with Gasteiger partial charge in [0.2, 0.25) is 5.82 Å². The van der Waals surface area contributed by atoms with Gasteiger partial charge in [0.05, 0.1) is 38.5 Å². The highest BCUT2D eigenvalue weighted by Gasteiger charge is 2.37. The van der Waals surface area contributed by atoms with Crippen molar-refractivity contribution in [2.45, 2.75) is 51.6 Å². The third kappa shape index (κ3) is 3.63. The normalized spacial score (nSPS) is 20.5. The number of furan rings is 1. The van der Waals surface area contributed by atoms with Gasteiger partial charge in [0.15, 0.2) is 11.8 Å². The Hall–Kier alpha value is -2.22. The molecule has 1 atom stereocenters. The zero-order chi connectivity index (χ0) is 18.8. The zero-order valence-corrected chi connectivity index (χ0v) is 16.2. The Bertz CT molecular complexity index is 742. The van der Waals surface area contributed by atoms with Crippen molar-refractivity contribution in [2.75, 3.05) is 26.2 Å². The molecule has 2 aromatic rings. The number of amides is 1. The lowest BCUT2D eigenvalue weighted by atomic mass is 10.00. The molecule has 1 saturated heterocycles. The minimum atomic E-state index is -0.0177. The molecule has 146 valence electrons. The SMILES string of the molecule is CC(C)[C@H](c1nnnn1C1CCCC1)[NH+]1CCN(C(=O)c2ccco2)CC1. The summed E-state index contributed by atoms with van der Waals surface area (Å²) in [5.74, 6) is 1.84. The van der Waals surface area contributed by atoms with Gasteiger partial charge < -0.3 is 14.2 Å². The van der Waals surface area contributed by atoms with Gasteiger partial charge in [-0.2, -0.15) is 0 Å². The van der Waals surface area contributed by atoms with Crippen LogP contribution in [-0.4, -0.2) is 57.2 Å². The Morgan fingerprint density at radius 2 is 2.00 bits per heavy atom. The van der Waals surface area contributed by atoms with Crippen molar-refractivity contribution < 1.29 is 14.1 Å². The third-order valence-electron chi connectivity index (χ3n) is 6.00. The van der Waals surface area contributed by atoms with Gasteiger partial charge in [-0.05, 0) is 35.4 Å². The predicted octanol–water partition coefficient (Wildman–Crippen LogP) is 1.12. The fourth-order valence-electron chi connectivity index (χ4n) is 4.63. The van der Waals surface area contributed by atoms with Crippen LogP contribution in [0.4, 0.5) is 0 Å². The van der Waals surface area contributed by atoms with Crippen molar-refractivity contribution in [3.8, 4) is 0 Å². The summed E-state index contributed by atoms with van der Waals surface area (Å²) in [6, 6.07) is 4.18. The summed E-state index contributed by atoms with van der Waals surface area (Å²) < 4.78 is 7.35. The number of piperazine rings is 1. The molecule has 1 N–H and O–H groups in total. The number of carbonyl (C=O) groups is 1. The quantitative estimate of drug-likeness (QED) is 0.849. The fourth-order valence-corrected chi connectivity index (χ4v) is 4.63. The van der Waals surface area contributed by atoms with Crippen LogP contribution >= 0.6 is 0 Å². The topological polar surface area (TPSA) is 81.5 Å². The first kappa shape index (κ1) is 18.2. The monoisotopic (exact) mass is 373 g/mol. The smallest absolute Gasteiger partial charge is 0.289 e. The number of nitrogens with one attached hydrogen (secondary N) is 1. The van der Waals surface area contributed by atoms with Gasteiger partial charge in [-0.3, -0.25) is 4.79 Å². The fraction of sp³-hybridized carbons (Fsp3) is 0.684. The second-order valence-corrected chi connectivity index (χ2v) is 8.07. The second kappa shape index (κ2) is 7.80. The van der Waals surface area contributed by atoms with Gasteiger partial charge in [0.1, 0.15) is 0 Å². The van der Waals surface area contributed by atoms with Gasteiger partial charge in [-0.25, -0.2) is 4.68 Å². The molecule has 1 saturated carbocycles. The van der Waals surface area contributed by atoms with Crippen molar-refractivity contribution in [1.82, 2.24) is 25.1 Å². The molecule has 2 aliphatic rings. The summed E-state index contributed by atoms with van der Waals surface area (Å²) in [4.78, 5) is 15.9. The largest absolute Gasteiger partial charge is 0.459 e. The maximum atomic E-state index is 12.5. The summed E-state index contributed by atoms with van der Waals surface area (Å²) in [7, 11) is 0. The van der Waals surface area contributed by atoms with E-state index >= 15 is 0 Å². The molecular weight excluding hydrogens is 344 g/mol. The van der Waals surface area contributed by atoms with E-state index in [9.17, 15) is 4.79 Å². The van der Waals surface area contributed by atoms with E-state index in [1.807, 2.05) is 4.90 Å². The molecule has 3 heterocycles. The van der Waals surface area contributed by atoms with Crippen LogP contribution in [0.3, 0.4) is 0 Å². The molecule has 1 aliphatic heterocycles. The number of nitrogens with zero attached hydrogens (tertiary/aromatic N) is 5. The van der Waals surface area contributed by atoms with Crippen molar-refractivity contribution in [3.05, 3.63) is 30.0 Å². The number of aromatic nitrogens is 4. The van der Waals surface area contributed by atoms with Crippen LogP contribution in [-0.2, 0) is 0 Å². The van der Waals surface area contributed by atoms with E-state index in [2.05, 4.69) is 34.1 Å². The van der Waals surface area contributed by atoms with E-state index in [4.69, 9.17) is 4.42 Å². The first-order chi connectivity index (χ1) is 13.1. The maximum Gasteiger partial charge on any atom is 0.289 e. The highest BCUT2D eigenvalue weighted by molar-refractivity contribution is 5.91. The average Bonchev–Trinajstić information content (AvgIpc) is 3.42. The number of quaternary nitrogens is 1. The molecule has 8 heteroatoms. The van der Waals surface area contributed by atoms with Crippen LogP contribution < -0.4 is 4.90 Å². The van der Waals surface area contributed by atoms with Crippen molar-refractivity contribution in [1.29, 1.82) is 0 Å². The van der Waals surface area contributed by atoms with Crippen LogP contribution in [0.2, 0.25) is 0 Å². The van der Waals surface area contributed by atoms with Crippen molar-refractivity contribution in [2.24, 2.45) is 5.92 Å². The molecule has 27 heavy (non-hydrogen) atoms. The number of rotatable bonds is 5. The highest BCUT2D eigenvalue weighted by Crippen LogP contribution is 2.31. The molecule has 0 spiro atoms. The Kier molecular flexibility index (Phi) is 5.24. The summed E-state index contributed by atoms with van der Waals surface area (Å²) in [5.41, 5.74) is 0. The lowest BCUT2D eigenvalue weighted by molar-refractivity contribution is -0.940. The van der Waals surface area contributed by atoms with Gasteiger partial charge in [0, 0.05) is 5.92 Å². The summed E-state index contributed by atoms with van der Waals surface area (Å²) in [6.45, 7) is 7.73. The molecule has 4 rings (SSSR count). The number of carbonyl (C=O) groups excluding carboxylic acids is 1. The maximum absolute atomic E-state index is 12.5. The average molecular weight is 373 g/mol. The molecule has 1 amide bonds. The van der Waals surface area contributed by atoms with E-state index in [1.54, 1.807) is 18.4 Å². The second-order valence-electron chi connectivity index (χ2n) is 8.07. The highest BCUT2D eigenvalue weighted by atomic mass is 16.3. The molecule has 0 radical (unpaired) electrons. The lowest BCUT2D eigenvalue weighted by Gasteiger charge is -2.37. The van der Waals surface area contributed by atoms with Crippen LogP contribution in [0.5, 0.6) is 0 Å². The molecule has 2 fully saturated rings. The number of hydrogen-bond acceptors (Lipinski definition) is 5. The third-order valence-corrected chi connectivity index (χ3v) is 6.00. The van der Waals surface area contributed by atoms with Crippen molar-refractivity contribution in [3.63, 3.8) is 0 Å². The van der Waals surface area contributed by atoms with Crippen LogP contribution in [0.15, 0.2) is 22.8 Å².